The zero-order valence-corrected chi connectivity index (χ0v) is 5.97. The van der Waals surface area contributed by atoms with Gasteiger partial charge in [-0.25, -0.2) is 5.90 Å². The lowest BCUT2D eigenvalue weighted by Crippen LogP contribution is -2.27. The van der Waals surface area contributed by atoms with Crippen molar-refractivity contribution in [1.82, 2.24) is 0 Å². The average Bonchev–Trinajstić information content (AvgIpc) is 1.89. The highest BCUT2D eigenvalue weighted by Crippen LogP contribution is 2.24. The van der Waals surface area contributed by atoms with Gasteiger partial charge in [-0.3, -0.25) is 0 Å². The number of hydrogen-bond donors (Lipinski definition) is 1. The van der Waals surface area contributed by atoms with Crippen LogP contribution in [0.5, 0.6) is 0 Å². The standard InChI is InChI=1S/C7H15NO/c1-6-4-2-3-5-7(6)9-8/h6-7H,2-5,8H2,1H3. The molecule has 54 valence electrons. The minimum absolute atomic E-state index is 0.332. The van der Waals surface area contributed by atoms with Gasteiger partial charge in [0.25, 0.3) is 0 Å². The van der Waals surface area contributed by atoms with Gasteiger partial charge in [0.2, 0.25) is 0 Å². The fourth-order valence-corrected chi connectivity index (χ4v) is 1.48. The van der Waals surface area contributed by atoms with Crippen molar-refractivity contribution in [3.63, 3.8) is 0 Å². The Bertz CT molecular complexity index is 85.0. The molecule has 1 aliphatic carbocycles. The first-order chi connectivity index (χ1) is 4.34. The highest BCUT2D eigenvalue weighted by Gasteiger charge is 2.20. The number of rotatable bonds is 1. The summed E-state index contributed by atoms with van der Waals surface area (Å²) in [5, 5.41) is 0. The number of nitrogens with two attached hydrogens (primary N) is 1. The van der Waals surface area contributed by atoms with Gasteiger partial charge in [-0.2, -0.15) is 0 Å². The zero-order chi connectivity index (χ0) is 6.69. The molecule has 2 atom stereocenters. The van der Waals surface area contributed by atoms with Crippen molar-refractivity contribution in [3.05, 3.63) is 0 Å². The van der Waals surface area contributed by atoms with Crippen LogP contribution in [0.1, 0.15) is 32.6 Å². The van der Waals surface area contributed by atoms with E-state index in [9.17, 15) is 0 Å². The average molecular weight is 129 g/mol. The summed E-state index contributed by atoms with van der Waals surface area (Å²) in [6.45, 7) is 2.21. The lowest BCUT2D eigenvalue weighted by molar-refractivity contribution is -0.00616. The van der Waals surface area contributed by atoms with E-state index in [4.69, 9.17) is 10.7 Å². The molecule has 9 heavy (non-hydrogen) atoms. The summed E-state index contributed by atoms with van der Waals surface area (Å²) in [5.41, 5.74) is 0. The van der Waals surface area contributed by atoms with E-state index in [0.29, 0.717) is 12.0 Å². The molecule has 1 aliphatic rings. The van der Waals surface area contributed by atoms with Crippen LogP contribution < -0.4 is 5.90 Å². The molecule has 0 heterocycles. The van der Waals surface area contributed by atoms with Crippen LogP contribution in [0, 0.1) is 5.92 Å². The molecular weight excluding hydrogens is 114 g/mol. The van der Waals surface area contributed by atoms with Gasteiger partial charge < -0.3 is 4.84 Å². The summed E-state index contributed by atoms with van der Waals surface area (Å²) >= 11 is 0. The maximum Gasteiger partial charge on any atom is 0.0812 e. The molecule has 1 saturated carbocycles. The smallest absolute Gasteiger partial charge is 0.0812 e. The summed E-state index contributed by atoms with van der Waals surface area (Å²) in [5.74, 6) is 5.76. The van der Waals surface area contributed by atoms with Crippen molar-refractivity contribution in [2.24, 2.45) is 11.8 Å². The monoisotopic (exact) mass is 129 g/mol. The van der Waals surface area contributed by atoms with Crippen LogP contribution in [0.2, 0.25) is 0 Å². The second-order valence-electron chi connectivity index (χ2n) is 2.94. The molecule has 0 radical (unpaired) electrons. The third-order valence-corrected chi connectivity index (χ3v) is 2.21. The molecule has 0 aliphatic heterocycles. The molecule has 1 fully saturated rings. The lowest BCUT2D eigenvalue weighted by Gasteiger charge is -2.26. The normalized spacial score (nSPS) is 36.7. The van der Waals surface area contributed by atoms with E-state index in [1.54, 1.807) is 0 Å². The largest absolute Gasteiger partial charge is 0.301 e. The minimum atomic E-state index is 0.332. The molecule has 2 N–H and O–H groups in total. The summed E-state index contributed by atoms with van der Waals surface area (Å²) in [4.78, 5) is 4.80. The Balaban J connectivity index is 2.30. The molecule has 0 spiro atoms. The van der Waals surface area contributed by atoms with E-state index in [0.717, 1.165) is 6.42 Å². The Morgan fingerprint density at radius 3 is 2.44 bits per heavy atom. The van der Waals surface area contributed by atoms with Crippen LogP contribution in [0.3, 0.4) is 0 Å². The molecule has 0 aromatic heterocycles. The van der Waals surface area contributed by atoms with Crippen molar-refractivity contribution in [2.45, 2.75) is 38.7 Å². The van der Waals surface area contributed by atoms with Gasteiger partial charge in [0, 0.05) is 0 Å². The Labute approximate surface area is 56.3 Å². The van der Waals surface area contributed by atoms with Crippen molar-refractivity contribution in [3.8, 4) is 0 Å². The van der Waals surface area contributed by atoms with Crippen LogP contribution in [0.4, 0.5) is 0 Å². The first kappa shape index (κ1) is 7.03. The van der Waals surface area contributed by atoms with E-state index < -0.39 is 0 Å². The molecule has 2 heteroatoms. The van der Waals surface area contributed by atoms with E-state index in [1.807, 2.05) is 0 Å². The van der Waals surface area contributed by atoms with Crippen LogP contribution in [0.15, 0.2) is 0 Å². The minimum Gasteiger partial charge on any atom is -0.301 e. The van der Waals surface area contributed by atoms with E-state index >= 15 is 0 Å². The Hall–Kier alpha value is -0.0800. The van der Waals surface area contributed by atoms with Gasteiger partial charge in [0.15, 0.2) is 0 Å². The van der Waals surface area contributed by atoms with Gasteiger partial charge in [-0.05, 0) is 18.8 Å². The Kier molecular flexibility index (Phi) is 2.49. The Morgan fingerprint density at radius 1 is 1.33 bits per heavy atom. The summed E-state index contributed by atoms with van der Waals surface area (Å²) in [7, 11) is 0. The molecular formula is C7H15NO. The number of hydrogen-bond acceptors (Lipinski definition) is 2. The highest BCUT2D eigenvalue weighted by molar-refractivity contribution is 4.71. The first-order valence-electron chi connectivity index (χ1n) is 3.70. The molecule has 1 rings (SSSR count). The molecule has 0 amide bonds. The van der Waals surface area contributed by atoms with E-state index in [2.05, 4.69) is 6.92 Å². The van der Waals surface area contributed by atoms with Crippen molar-refractivity contribution < 1.29 is 4.84 Å². The molecule has 0 saturated heterocycles. The predicted molar refractivity (Wildman–Crippen MR) is 36.7 cm³/mol. The lowest BCUT2D eigenvalue weighted by atomic mass is 9.88. The van der Waals surface area contributed by atoms with Gasteiger partial charge in [0.1, 0.15) is 0 Å². The third kappa shape index (κ3) is 1.66. The fourth-order valence-electron chi connectivity index (χ4n) is 1.48. The molecule has 2 unspecified atom stereocenters. The molecule has 2 nitrogen and oxygen atoms in total. The fraction of sp³-hybridized carbons (Fsp3) is 1.00. The topological polar surface area (TPSA) is 35.2 Å². The van der Waals surface area contributed by atoms with Crippen molar-refractivity contribution >= 4 is 0 Å². The molecule has 0 bridgehead atoms. The van der Waals surface area contributed by atoms with Crippen LogP contribution in [-0.4, -0.2) is 6.10 Å². The summed E-state index contributed by atoms with van der Waals surface area (Å²) < 4.78 is 0. The van der Waals surface area contributed by atoms with Crippen molar-refractivity contribution in [1.29, 1.82) is 0 Å². The third-order valence-electron chi connectivity index (χ3n) is 2.21. The van der Waals surface area contributed by atoms with E-state index in [1.165, 1.54) is 19.3 Å². The predicted octanol–water partition coefficient (Wildman–Crippen LogP) is 1.46. The molecule has 0 aromatic rings. The quantitative estimate of drug-likeness (QED) is 0.544. The highest BCUT2D eigenvalue weighted by atomic mass is 16.6. The van der Waals surface area contributed by atoms with Crippen LogP contribution in [0.25, 0.3) is 0 Å². The van der Waals surface area contributed by atoms with Crippen molar-refractivity contribution in [2.75, 3.05) is 0 Å². The zero-order valence-electron chi connectivity index (χ0n) is 5.97. The van der Waals surface area contributed by atoms with Gasteiger partial charge in [-0.1, -0.05) is 19.8 Å². The maximum atomic E-state index is 5.09. The Morgan fingerprint density at radius 2 is 2.00 bits per heavy atom. The summed E-state index contributed by atoms with van der Waals surface area (Å²) in [6, 6.07) is 0. The van der Waals surface area contributed by atoms with Gasteiger partial charge >= 0.3 is 0 Å². The second-order valence-corrected chi connectivity index (χ2v) is 2.94. The SMILES string of the molecule is CC1CCCCC1ON. The van der Waals surface area contributed by atoms with E-state index in [-0.39, 0.29) is 0 Å². The second kappa shape index (κ2) is 3.18. The van der Waals surface area contributed by atoms with Crippen LogP contribution in [-0.2, 0) is 4.84 Å². The maximum absolute atomic E-state index is 5.09. The summed E-state index contributed by atoms with van der Waals surface area (Å²) in [6.07, 6.45) is 5.39. The van der Waals surface area contributed by atoms with Crippen LogP contribution >= 0.6 is 0 Å². The first-order valence-corrected chi connectivity index (χ1v) is 3.70. The van der Waals surface area contributed by atoms with Gasteiger partial charge in [0.05, 0.1) is 6.10 Å². The van der Waals surface area contributed by atoms with Gasteiger partial charge in [-0.15, -0.1) is 0 Å². The molecule has 0 aromatic carbocycles.